The van der Waals surface area contributed by atoms with Crippen LogP contribution in [0.1, 0.15) is 93.1 Å². The number of carbonyl (C=O) groups excluding carboxylic acids is 2. The molecule has 1 saturated carbocycles. The van der Waals surface area contributed by atoms with E-state index < -0.39 is 34.5 Å². The molecule has 1 fully saturated rings. The van der Waals surface area contributed by atoms with Gasteiger partial charge < -0.3 is 18.3 Å². The fraction of sp³-hybridized carbons (Fsp3) is 0.684. The number of ether oxygens (including phenoxy) is 2. The molecule has 0 heterocycles. The molecule has 1 aliphatic carbocycles. The summed E-state index contributed by atoms with van der Waals surface area (Å²) in [6.07, 6.45) is 5.44. The first-order valence-corrected chi connectivity index (χ1v) is 23.5. The molecule has 0 N–H and O–H groups in total. The van der Waals surface area contributed by atoms with E-state index in [4.69, 9.17) is 18.3 Å². The molecule has 0 unspecified atom stereocenters. The third-order valence-corrected chi connectivity index (χ3v) is 19.5. The van der Waals surface area contributed by atoms with E-state index >= 15 is 0 Å². The molecule has 1 aromatic carbocycles. The van der Waals surface area contributed by atoms with Crippen molar-refractivity contribution in [3.05, 3.63) is 54.1 Å². The molecule has 0 spiro atoms. The van der Waals surface area contributed by atoms with Gasteiger partial charge in [0.15, 0.2) is 16.6 Å². The minimum absolute atomic E-state index is 0.0557. The zero-order valence-electron chi connectivity index (χ0n) is 31.1. The number of alkyl halides is 3. The predicted molar refractivity (Wildman–Crippen MR) is 196 cm³/mol. The summed E-state index contributed by atoms with van der Waals surface area (Å²) >= 11 is 0. The lowest BCUT2D eigenvalue weighted by atomic mass is 9.90. The SMILES string of the molecule is CC[Si](CC)(CC)O[C@H](/C=C/[C@H]1[C@H](O[Si](CC)(CC)CC)CC(=O)[C@@H]1C/C=C/CCCC(=O)OC(C)C)COc1cccc(C(F)(F)F)c1. The average Bonchev–Trinajstić information content (AvgIpc) is 3.37. The summed E-state index contributed by atoms with van der Waals surface area (Å²) in [5.74, 6) is -0.333. The van der Waals surface area contributed by atoms with Crippen molar-refractivity contribution >= 4 is 28.4 Å². The van der Waals surface area contributed by atoms with Crippen LogP contribution in [0.5, 0.6) is 5.75 Å². The number of ketones is 1. The normalized spacial score (nSPS) is 19.8. The standard InChI is InChI=1S/C38H61F3O6Si2/c1-9-48(10-2,11-3)46-32(28-44-31-21-19-20-30(26-31)38(39,40)41)24-25-34-33(22-17-15-16-18-23-37(43)45-29(7)8)35(42)27-36(34)47-49(12-4,13-5)14-6/h15,17,19-21,24-26,29,32-34,36H,9-14,16,18,22-23,27-28H2,1-8H3/b17-15+,25-24+/t32-,33-,34-,36-/m1/s1. The highest BCUT2D eigenvalue weighted by Crippen LogP contribution is 2.39. The van der Waals surface area contributed by atoms with Gasteiger partial charge in [-0.15, -0.1) is 0 Å². The molecule has 0 amide bonds. The van der Waals surface area contributed by atoms with Crippen molar-refractivity contribution in [1.82, 2.24) is 0 Å². The molecule has 0 aromatic heterocycles. The lowest BCUT2D eigenvalue weighted by Gasteiger charge is -2.34. The van der Waals surface area contributed by atoms with Gasteiger partial charge in [0.1, 0.15) is 18.1 Å². The van der Waals surface area contributed by atoms with Crippen molar-refractivity contribution in [2.75, 3.05) is 6.61 Å². The first-order chi connectivity index (χ1) is 23.2. The highest BCUT2D eigenvalue weighted by atomic mass is 28.4. The summed E-state index contributed by atoms with van der Waals surface area (Å²) < 4.78 is 65.1. The Hall–Kier alpha value is -2.22. The van der Waals surface area contributed by atoms with Gasteiger partial charge in [0.2, 0.25) is 0 Å². The fourth-order valence-electron chi connectivity index (χ4n) is 6.64. The Morgan fingerprint density at radius 1 is 0.959 bits per heavy atom. The van der Waals surface area contributed by atoms with Crippen LogP contribution < -0.4 is 4.74 Å². The van der Waals surface area contributed by atoms with E-state index in [1.165, 1.54) is 12.1 Å². The zero-order chi connectivity index (χ0) is 36.7. The van der Waals surface area contributed by atoms with E-state index in [0.29, 0.717) is 32.1 Å². The number of Topliss-reactive ketones (excluding diaryl/α,β-unsaturated/α-hetero) is 1. The molecule has 49 heavy (non-hydrogen) atoms. The number of hydrogen-bond donors (Lipinski definition) is 0. The molecular weight excluding hydrogens is 666 g/mol. The Labute approximate surface area is 295 Å². The second-order valence-electron chi connectivity index (χ2n) is 13.5. The minimum atomic E-state index is -4.47. The van der Waals surface area contributed by atoms with Gasteiger partial charge in [-0.1, -0.05) is 71.9 Å². The van der Waals surface area contributed by atoms with Crippen LogP contribution in [0.4, 0.5) is 13.2 Å². The van der Waals surface area contributed by atoms with Crippen LogP contribution in [0.15, 0.2) is 48.6 Å². The minimum Gasteiger partial charge on any atom is -0.491 e. The van der Waals surface area contributed by atoms with Gasteiger partial charge in [0.05, 0.1) is 23.9 Å². The summed E-state index contributed by atoms with van der Waals surface area (Å²) in [5, 5.41) is 0. The number of unbranched alkanes of at least 4 members (excludes halogenated alkanes) is 1. The molecule has 11 heteroatoms. The van der Waals surface area contributed by atoms with E-state index in [2.05, 4.69) is 47.6 Å². The van der Waals surface area contributed by atoms with Crippen LogP contribution in [0.2, 0.25) is 36.3 Å². The lowest BCUT2D eigenvalue weighted by Crippen LogP contribution is -2.42. The molecule has 6 nitrogen and oxygen atoms in total. The molecule has 1 aromatic rings. The zero-order valence-corrected chi connectivity index (χ0v) is 33.1. The van der Waals surface area contributed by atoms with Crippen LogP contribution in [0.25, 0.3) is 0 Å². The van der Waals surface area contributed by atoms with Crippen molar-refractivity contribution in [3.8, 4) is 5.75 Å². The van der Waals surface area contributed by atoms with E-state index in [1.54, 1.807) is 0 Å². The van der Waals surface area contributed by atoms with E-state index in [9.17, 15) is 22.8 Å². The molecule has 4 atom stereocenters. The Bertz CT molecular complexity index is 1190. The maximum absolute atomic E-state index is 13.6. The fourth-order valence-corrected chi connectivity index (χ4v) is 12.3. The summed E-state index contributed by atoms with van der Waals surface area (Å²) in [7, 11) is -4.17. The Kier molecular flexibility index (Phi) is 18.0. The van der Waals surface area contributed by atoms with Crippen molar-refractivity contribution in [3.63, 3.8) is 0 Å². The maximum atomic E-state index is 13.6. The number of rotatable bonds is 22. The summed E-state index contributed by atoms with van der Waals surface area (Å²) in [6, 6.07) is 10.6. The second kappa shape index (κ2) is 20.6. The summed E-state index contributed by atoms with van der Waals surface area (Å²) in [6.45, 7) is 16.7. The van der Waals surface area contributed by atoms with Crippen LogP contribution in [-0.4, -0.2) is 53.3 Å². The number of benzene rings is 1. The maximum Gasteiger partial charge on any atom is 0.416 e. The van der Waals surface area contributed by atoms with Gasteiger partial charge in [-0.2, -0.15) is 13.2 Å². The second-order valence-corrected chi connectivity index (χ2v) is 23.0. The molecular formula is C38H61F3O6Si2. The molecule has 278 valence electrons. The van der Waals surface area contributed by atoms with Crippen molar-refractivity contribution in [2.45, 2.75) is 148 Å². The number of esters is 1. The van der Waals surface area contributed by atoms with Crippen LogP contribution in [-0.2, 0) is 29.4 Å². The first-order valence-electron chi connectivity index (χ1n) is 18.4. The smallest absolute Gasteiger partial charge is 0.416 e. The largest absolute Gasteiger partial charge is 0.491 e. The van der Waals surface area contributed by atoms with Gasteiger partial charge in [0, 0.05) is 24.7 Å². The monoisotopic (exact) mass is 726 g/mol. The Balaban J connectivity index is 2.36. The molecule has 0 aliphatic heterocycles. The van der Waals surface area contributed by atoms with Crippen molar-refractivity contribution in [1.29, 1.82) is 0 Å². The van der Waals surface area contributed by atoms with Gasteiger partial charge in [-0.3, -0.25) is 9.59 Å². The first kappa shape index (κ1) is 42.9. The van der Waals surface area contributed by atoms with E-state index in [0.717, 1.165) is 48.4 Å². The van der Waals surface area contributed by atoms with Crippen LogP contribution in [0.3, 0.4) is 0 Å². The highest BCUT2D eigenvalue weighted by molar-refractivity contribution is 6.74. The third kappa shape index (κ3) is 13.4. The van der Waals surface area contributed by atoms with E-state index in [1.807, 2.05) is 32.1 Å². The molecule has 0 saturated heterocycles. The molecule has 1 aliphatic rings. The molecule has 2 rings (SSSR count). The van der Waals surface area contributed by atoms with Gasteiger partial charge in [-0.25, -0.2) is 0 Å². The average molecular weight is 727 g/mol. The van der Waals surface area contributed by atoms with E-state index in [-0.39, 0.29) is 48.2 Å². The Morgan fingerprint density at radius 2 is 1.59 bits per heavy atom. The molecule has 0 bridgehead atoms. The number of carbonyl (C=O) groups is 2. The quantitative estimate of drug-likeness (QED) is 0.0513. The predicted octanol–water partition coefficient (Wildman–Crippen LogP) is 10.7. The van der Waals surface area contributed by atoms with Crippen molar-refractivity contribution < 1.29 is 41.1 Å². The van der Waals surface area contributed by atoms with Gasteiger partial charge in [-0.05, 0) is 87.6 Å². The van der Waals surface area contributed by atoms with Gasteiger partial charge in [0.25, 0.3) is 0 Å². The summed E-state index contributed by atoms with van der Waals surface area (Å²) in [5.41, 5.74) is -0.760. The van der Waals surface area contributed by atoms with Crippen LogP contribution in [0, 0.1) is 11.8 Å². The van der Waals surface area contributed by atoms with Crippen molar-refractivity contribution in [2.24, 2.45) is 11.8 Å². The number of halogens is 3. The highest BCUT2D eigenvalue weighted by Gasteiger charge is 2.45. The van der Waals surface area contributed by atoms with Crippen LogP contribution >= 0.6 is 0 Å². The lowest BCUT2D eigenvalue weighted by molar-refractivity contribution is -0.147. The summed E-state index contributed by atoms with van der Waals surface area (Å²) in [4.78, 5) is 25.4. The van der Waals surface area contributed by atoms with Gasteiger partial charge >= 0.3 is 12.1 Å². The Morgan fingerprint density at radius 3 is 2.16 bits per heavy atom. The topological polar surface area (TPSA) is 71.1 Å². The third-order valence-electron chi connectivity index (χ3n) is 10.2. The number of allylic oxidation sites excluding steroid dienone is 2. The molecule has 0 radical (unpaired) electrons. The number of hydrogen-bond acceptors (Lipinski definition) is 6.